The van der Waals surface area contributed by atoms with E-state index in [1.165, 1.54) is 6.07 Å². The van der Waals surface area contributed by atoms with Gasteiger partial charge >= 0.3 is 6.18 Å². The highest BCUT2D eigenvalue weighted by atomic mass is 19.4. The molecule has 9 heteroatoms. The zero-order valence-electron chi connectivity index (χ0n) is 35.9. The van der Waals surface area contributed by atoms with Crippen LogP contribution < -0.4 is 0 Å². The van der Waals surface area contributed by atoms with E-state index < -0.39 is 23.4 Å². The van der Waals surface area contributed by atoms with Gasteiger partial charge in [-0.05, 0) is 94.5 Å². The standard InChI is InChI=1S/C59H35F5N4/c60-43-29-42(30-44(61)35-43)45-23-24-54(67-52-17-9-7-15-46(52)48-21-19-38(33-55(48)67)40-25-27-65-50(31-40)36-11-3-1-4-12-36)57(59(62,63)64)58(45)68-53-18-10-8-16-47(53)49-22-20-39(34-56(49)68)41-26-28-66-51(32-41)37-13-5-2-6-14-37/h1-35H. The van der Waals surface area contributed by atoms with Gasteiger partial charge in [-0.25, -0.2) is 8.78 Å². The van der Waals surface area contributed by atoms with E-state index in [0.717, 1.165) is 67.7 Å². The number of hydrogen-bond acceptors (Lipinski definition) is 2. The third kappa shape index (κ3) is 6.90. The Morgan fingerprint density at radius 1 is 0.353 bits per heavy atom. The van der Waals surface area contributed by atoms with Gasteiger partial charge in [0.1, 0.15) is 17.2 Å². The predicted molar refractivity (Wildman–Crippen MR) is 263 cm³/mol. The molecule has 12 aromatic rings. The van der Waals surface area contributed by atoms with E-state index in [1.807, 2.05) is 158 Å². The van der Waals surface area contributed by atoms with Crippen LogP contribution in [0, 0.1) is 11.6 Å². The summed E-state index contributed by atoms with van der Waals surface area (Å²) in [5.74, 6) is -1.83. The molecule has 4 aromatic heterocycles. The molecule has 0 spiro atoms. The van der Waals surface area contributed by atoms with Crippen molar-refractivity contribution in [1.82, 2.24) is 19.1 Å². The van der Waals surface area contributed by atoms with Gasteiger partial charge < -0.3 is 9.13 Å². The van der Waals surface area contributed by atoms with Crippen molar-refractivity contribution >= 4 is 43.6 Å². The van der Waals surface area contributed by atoms with Gasteiger partial charge in [0.25, 0.3) is 0 Å². The van der Waals surface area contributed by atoms with Crippen LogP contribution in [0.1, 0.15) is 5.56 Å². The first kappa shape index (κ1) is 40.8. The third-order valence-electron chi connectivity index (χ3n) is 12.8. The molecule has 0 N–H and O–H groups in total. The number of hydrogen-bond donors (Lipinski definition) is 0. The molecule has 0 aliphatic carbocycles. The average molecular weight is 895 g/mol. The van der Waals surface area contributed by atoms with Crippen molar-refractivity contribution < 1.29 is 22.0 Å². The molecule has 0 radical (unpaired) electrons. The molecule has 4 nitrogen and oxygen atoms in total. The quantitative estimate of drug-likeness (QED) is 0.149. The Bertz CT molecular complexity index is 3910. The first-order chi connectivity index (χ1) is 33.2. The summed E-state index contributed by atoms with van der Waals surface area (Å²) in [7, 11) is 0. The van der Waals surface area contributed by atoms with Crippen LogP contribution in [0.5, 0.6) is 0 Å². The lowest BCUT2D eigenvalue weighted by molar-refractivity contribution is -0.137. The summed E-state index contributed by atoms with van der Waals surface area (Å²) in [5, 5.41) is 2.91. The summed E-state index contributed by atoms with van der Waals surface area (Å²) < 4.78 is 84.4. The molecule has 0 bridgehead atoms. The zero-order valence-corrected chi connectivity index (χ0v) is 35.9. The number of nitrogens with zero attached hydrogens (tertiary/aromatic N) is 4. The highest BCUT2D eigenvalue weighted by Gasteiger charge is 2.40. The minimum atomic E-state index is -5.01. The lowest BCUT2D eigenvalue weighted by atomic mass is 9.96. The first-order valence-corrected chi connectivity index (χ1v) is 22.0. The van der Waals surface area contributed by atoms with Gasteiger partial charge in [0.05, 0.1) is 44.8 Å². The summed E-state index contributed by atoms with van der Waals surface area (Å²) in [4.78, 5) is 9.23. The SMILES string of the molecule is Fc1cc(F)cc(-c2ccc(-n3c4ccccc4c4ccc(-c5ccnc(-c6ccccc6)c5)cc43)c(C(F)(F)F)c2-n2c3ccccc3c3ccc(-c4ccnc(-c5ccccc5)c4)cc32)c1. The smallest absolute Gasteiger partial charge is 0.309 e. The summed E-state index contributed by atoms with van der Waals surface area (Å²) in [5.41, 5.74) is 7.10. The van der Waals surface area contributed by atoms with E-state index in [4.69, 9.17) is 0 Å². The normalized spacial score (nSPS) is 11.9. The molecule has 0 amide bonds. The van der Waals surface area contributed by atoms with Gasteiger partial charge in [-0.15, -0.1) is 0 Å². The Hall–Kier alpha value is -8.69. The number of pyridine rings is 2. The number of fused-ring (bicyclic) bond motifs is 6. The molecule has 0 unspecified atom stereocenters. The maximum atomic E-state index is 16.9. The van der Waals surface area contributed by atoms with Crippen LogP contribution in [0.25, 0.3) is 111 Å². The van der Waals surface area contributed by atoms with E-state index in [0.29, 0.717) is 38.9 Å². The molecule has 4 heterocycles. The van der Waals surface area contributed by atoms with Crippen LogP contribution in [0.2, 0.25) is 0 Å². The Balaban J connectivity index is 1.17. The van der Waals surface area contributed by atoms with Gasteiger partial charge in [0, 0.05) is 56.7 Å². The van der Waals surface area contributed by atoms with Crippen LogP contribution in [0.4, 0.5) is 22.0 Å². The Morgan fingerprint density at radius 2 is 0.809 bits per heavy atom. The molecule has 0 saturated heterocycles. The summed E-state index contributed by atoms with van der Waals surface area (Å²) in [6.07, 6.45) is -1.57. The summed E-state index contributed by atoms with van der Waals surface area (Å²) >= 11 is 0. The predicted octanol–water partition coefficient (Wildman–Crippen LogP) is 16.3. The number of aromatic nitrogens is 4. The van der Waals surface area contributed by atoms with Gasteiger partial charge in [0.2, 0.25) is 0 Å². The van der Waals surface area contributed by atoms with E-state index >= 15 is 22.0 Å². The van der Waals surface area contributed by atoms with Crippen molar-refractivity contribution in [3.05, 3.63) is 230 Å². The topological polar surface area (TPSA) is 35.6 Å². The van der Waals surface area contributed by atoms with E-state index in [-0.39, 0.29) is 22.5 Å². The van der Waals surface area contributed by atoms with Gasteiger partial charge in [-0.2, -0.15) is 13.2 Å². The van der Waals surface area contributed by atoms with Crippen LogP contribution in [0.3, 0.4) is 0 Å². The fourth-order valence-corrected chi connectivity index (χ4v) is 9.78. The Labute approximate surface area is 386 Å². The molecule has 0 aliphatic heterocycles. The average Bonchev–Trinajstić information content (AvgIpc) is 3.88. The van der Waals surface area contributed by atoms with E-state index in [9.17, 15) is 0 Å². The first-order valence-electron chi connectivity index (χ1n) is 22.0. The molecule has 8 aromatic carbocycles. The van der Waals surface area contributed by atoms with Crippen LogP contribution in [0.15, 0.2) is 213 Å². The Kier molecular flexibility index (Phi) is 9.62. The van der Waals surface area contributed by atoms with Crippen molar-refractivity contribution in [3.63, 3.8) is 0 Å². The number of benzene rings is 8. The van der Waals surface area contributed by atoms with Gasteiger partial charge in [0.15, 0.2) is 0 Å². The van der Waals surface area contributed by atoms with Crippen molar-refractivity contribution in [3.8, 4) is 67.3 Å². The highest BCUT2D eigenvalue weighted by molar-refractivity contribution is 6.12. The molecule has 12 rings (SSSR count). The molecule has 0 saturated carbocycles. The third-order valence-corrected chi connectivity index (χ3v) is 12.8. The lowest BCUT2D eigenvalue weighted by Crippen LogP contribution is -2.17. The zero-order chi connectivity index (χ0) is 46.1. The molecular formula is C59H35F5N4. The number of para-hydroxylation sites is 2. The minimum Gasteiger partial charge on any atom is -0.309 e. The van der Waals surface area contributed by atoms with Crippen LogP contribution in [-0.2, 0) is 6.18 Å². The second-order valence-corrected chi connectivity index (χ2v) is 16.8. The maximum Gasteiger partial charge on any atom is 0.420 e. The summed E-state index contributed by atoms with van der Waals surface area (Å²) in [6, 6.07) is 59.3. The Morgan fingerprint density at radius 3 is 1.34 bits per heavy atom. The van der Waals surface area contributed by atoms with E-state index in [1.54, 1.807) is 39.7 Å². The molecule has 0 aliphatic rings. The second-order valence-electron chi connectivity index (χ2n) is 16.8. The lowest BCUT2D eigenvalue weighted by Gasteiger charge is -2.24. The molecular weight excluding hydrogens is 860 g/mol. The van der Waals surface area contributed by atoms with Crippen molar-refractivity contribution in [1.29, 1.82) is 0 Å². The minimum absolute atomic E-state index is 0.00510. The number of halogens is 5. The molecule has 68 heavy (non-hydrogen) atoms. The number of rotatable bonds is 7. The van der Waals surface area contributed by atoms with Gasteiger partial charge in [-0.3, -0.25) is 9.97 Å². The molecule has 0 atom stereocenters. The molecule has 326 valence electrons. The fraction of sp³-hybridized carbons (Fsp3) is 0.0169. The summed E-state index contributed by atoms with van der Waals surface area (Å²) in [6.45, 7) is 0. The van der Waals surface area contributed by atoms with Crippen LogP contribution in [-0.4, -0.2) is 19.1 Å². The largest absolute Gasteiger partial charge is 0.420 e. The van der Waals surface area contributed by atoms with E-state index in [2.05, 4.69) is 9.97 Å². The van der Waals surface area contributed by atoms with Crippen molar-refractivity contribution in [2.45, 2.75) is 6.18 Å². The molecule has 0 fully saturated rings. The number of alkyl halides is 3. The van der Waals surface area contributed by atoms with Gasteiger partial charge in [-0.1, -0.05) is 127 Å². The fourth-order valence-electron chi connectivity index (χ4n) is 9.78. The van der Waals surface area contributed by atoms with Crippen molar-refractivity contribution in [2.24, 2.45) is 0 Å². The monoisotopic (exact) mass is 894 g/mol. The highest BCUT2D eigenvalue weighted by Crippen LogP contribution is 2.48. The second kappa shape index (κ2) is 16.0. The maximum absolute atomic E-state index is 16.9. The van der Waals surface area contributed by atoms with Crippen molar-refractivity contribution in [2.75, 3.05) is 0 Å². The van der Waals surface area contributed by atoms with Crippen LogP contribution >= 0.6 is 0 Å².